The summed E-state index contributed by atoms with van der Waals surface area (Å²) in [6, 6.07) is 1.31. The predicted octanol–water partition coefficient (Wildman–Crippen LogP) is 1.71. The Morgan fingerprint density at radius 1 is 1.62 bits per heavy atom. The SMILES string of the molecule is CCOC(=O)Cc1cnc(C(F)F)c(N)c1. The lowest BCUT2D eigenvalue weighted by molar-refractivity contribution is -0.142. The second-order valence-electron chi connectivity index (χ2n) is 3.10. The monoisotopic (exact) mass is 230 g/mol. The first kappa shape index (κ1) is 12.4. The summed E-state index contributed by atoms with van der Waals surface area (Å²) in [6.45, 7) is 1.96. The van der Waals surface area contributed by atoms with Crippen LogP contribution in [0, 0.1) is 0 Å². The van der Waals surface area contributed by atoms with Gasteiger partial charge in [0.25, 0.3) is 6.43 Å². The smallest absolute Gasteiger partial charge is 0.310 e. The molecule has 0 spiro atoms. The molecule has 0 atom stereocenters. The first-order chi connectivity index (χ1) is 7.54. The van der Waals surface area contributed by atoms with Crippen LogP contribution in [0.25, 0.3) is 0 Å². The highest BCUT2D eigenvalue weighted by Gasteiger charge is 2.14. The second kappa shape index (κ2) is 5.39. The fourth-order valence-electron chi connectivity index (χ4n) is 1.20. The van der Waals surface area contributed by atoms with Gasteiger partial charge in [-0.15, -0.1) is 0 Å². The summed E-state index contributed by atoms with van der Waals surface area (Å²) < 4.78 is 29.3. The second-order valence-corrected chi connectivity index (χ2v) is 3.10. The van der Waals surface area contributed by atoms with Gasteiger partial charge in [0.05, 0.1) is 18.7 Å². The van der Waals surface area contributed by atoms with Crippen LogP contribution in [0.4, 0.5) is 14.5 Å². The van der Waals surface area contributed by atoms with E-state index in [1.54, 1.807) is 6.92 Å². The van der Waals surface area contributed by atoms with Crippen LogP contribution in [0.2, 0.25) is 0 Å². The summed E-state index contributed by atoms with van der Waals surface area (Å²) in [6.07, 6.45) is -1.53. The number of nitrogen functional groups attached to an aromatic ring is 1. The van der Waals surface area contributed by atoms with E-state index in [4.69, 9.17) is 10.5 Å². The molecule has 0 unspecified atom stereocenters. The normalized spacial score (nSPS) is 10.5. The minimum Gasteiger partial charge on any atom is -0.466 e. The molecule has 0 bridgehead atoms. The van der Waals surface area contributed by atoms with Gasteiger partial charge in [-0.3, -0.25) is 9.78 Å². The number of aromatic nitrogens is 1. The molecule has 1 heterocycles. The Bertz CT molecular complexity index is 383. The average Bonchev–Trinajstić information content (AvgIpc) is 2.17. The number of carbonyl (C=O) groups is 1. The molecule has 0 aliphatic heterocycles. The highest BCUT2D eigenvalue weighted by Crippen LogP contribution is 2.23. The zero-order valence-electron chi connectivity index (χ0n) is 8.74. The van der Waals surface area contributed by atoms with Crippen molar-refractivity contribution in [2.45, 2.75) is 19.8 Å². The summed E-state index contributed by atoms with van der Waals surface area (Å²) in [4.78, 5) is 14.6. The molecule has 0 aliphatic carbocycles. The number of hydrogen-bond donors (Lipinski definition) is 1. The van der Waals surface area contributed by atoms with Crippen molar-refractivity contribution in [2.75, 3.05) is 12.3 Å². The lowest BCUT2D eigenvalue weighted by atomic mass is 10.2. The third-order valence-corrected chi connectivity index (χ3v) is 1.87. The van der Waals surface area contributed by atoms with E-state index in [0.717, 1.165) is 0 Å². The fraction of sp³-hybridized carbons (Fsp3) is 0.400. The summed E-state index contributed by atoms with van der Waals surface area (Å²) in [5.41, 5.74) is 5.26. The van der Waals surface area contributed by atoms with Gasteiger partial charge >= 0.3 is 5.97 Å². The van der Waals surface area contributed by atoms with E-state index in [2.05, 4.69) is 4.98 Å². The molecule has 1 rings (SSSR count). The molecular weight excluding hydrogens is 218 g/mol. The molecule has 0 saturated heterocycles. The fourth-order valence-corrected chi connectivity index (χ4v) is 1.20. The van der Waals surface area contributed by atoms with Gasteiger partial charge in [-0.1, -0.05) is 0 Å². The molecule has 0 aliphatic rings. The Morgan fingerprint density at radius 2 is 2.31 bits per heavy atom. The standard InChI is InChI=1S/C10H12F2N2O2/c1-2-16-8(15)4-6-3-7(13)9(10(11)12)14-5-6/h3,5,10H,2,4,13H2,1H3. The van der Waals surface area contributed by atoms with Crippen LogP contribution in [0.15, 0.2) is 12.3 Å². The molecule has 88 valence electrons. The molecular formula is C10H12F2N2O2. The number of nitrogens with two attached hydrogens (primary N) is 1. The minimum atomic E-state index is -2.71. The van der Waals surface area contributed by atoms with Gasteiger partial charge < -0.3 is 10.5 Å². The van der Waals surface area contributed by atoms with Crippen LogP contribution in [0.5, 0.6) is 0 Å². The van der Waals surface area contributed by atoms with E-state index >= 15 is 0 Å². The van der Waals surface area contributed by atoms with Crippen LogP contribution in [-0.4, -0.2) is 17.6 Å². The average molecular weight is 230 g/mol. The van der Waals surface area contributed by atoms with Crippen molar-refractivity contribution >= 4 is 11.7 Å². The summed E-state index contributed by atoms with van der Waals surface area (Å²) >= 11 is 0. The molecule has 2 N–H and O–H groups in total. The maximum atomic E-state index is 12.3. The van der Waals surface area contributed by atoms with Gasteiger partial charge in [0.15, 0.2) is 0 Å². The number of nitrogens with zero attached hydrogens (tertiary/aromatic N) is 1. The van der Waals surface area contributed by atoms with Crippen molar-refractivity contribution < 1.29 is 18.3 Å². The van der Waals surface area contributed by atoms with Gasteiger partial charge in [0.2, 0.25) is 0 Å². The molecule has 16 heavy (non-hydrogen) atoms. The van der Waals surface area contributed by atoms with Crippen LogP contribution in [-0.2, 0) is 16.0 Å². The lowest BCUT2D eigenvalue weighted by Gasteiger charge is -2.06. The zero-order chi connectivity index (χ0) is 12.1. The zero-order valence-corrected chi connectivity index (χ0v) is 8.74. The van der Waals surface area contributed by atoms with Crippen LogP contribution < -0.4 is 5.73 Å². The van der Waals surface area contributed by atoms with Gasteiger partial charge in [-0.05, 0) is 18.6 Å². The Kier molecular flexibility index (Phi) is 4.16. The molecule has 1 aromatic heterocycles. The molecule has 0 aromatic carbocycles. The van der Waals surface area contributed by atoms with Crippen molar-refractivity contribution in [3.05, 3.63) is 23.5 Å². The first-order valence-corrected chi connectivity index (χ1v) is 4.72. The number of pyridine rings is 1. The van der Waals surface area contributed by atoms with Crippen LogP contribution >= 0.6 is 0 Å². The van der Waals surface area contributed by atoms with E-state index in [1.807, 2.05) is 0 Å². The summed E-state index contributed by atoms with van der Waals surface area (Å²) in [7, 11) is 0. The Hall–Kier alpha value is -1.72. The number of ether oxygens (including phenoxy) is 1. The maximum Gasteiger partial charge on any atom is 0.310 e. The molecule has 0 fully saturated rings. The van der Waals surface area contributed by atoms with Crippen molar-refractivity contribution in [3.63, 3.8) is 0 Å². The van der Waals surface area contributed by atoms with Gasteiger partial charge in [-0.25, -0.2) is 8.78 Å². The van der Waals surface area contributed by atoms with E-state index in [-0.39, 0.29) is 18.7 Å². The Morgan fingerprint density at radius 3 is 2.81 bits per heavy atom. The number of alkyl halides is 2. The third kappa shape index (κ3) is 3.15. The number of hydrogen-bond acceptors (Lipinski definition) is 4. The molecule has 0 amide bonds. The maximum absolute atomic E-state index is 12.3. The van der Waals surface area contributed by atoms with Gasteiger partial charge in [-0.2, -0.15) is 0 Å². The van der Waals surface area contributed by atoms with Crippen molar-refractivity contribution in [1.82, 2.24) is 4.98 Å². The predicted molar refractivity (Wildman–Crippen MR) is 53.9 cm³/mol. The van der Waals surface area contributed by atoms with Crippen molar-refractivity contribution in [2.24, 2.45) is 0 Å². The molecule has 1 aromatic rings. The number of anilines is 1. The summed E-state index contributed by atoms with van der Waals surface area (Å²) in [5, 5.41) is 0. The number of esters is 1. The van der Waals surface area contributed by atoms with E-state index in [0.29, 0.717) is 5.56 Å². The first-order valence-electron chi connectivity index (χ1n) is 4.72. The highest BCUT2D eigenvalue weighted by molar-refractivity contribution is 5.72. The lowest BCUT2D eigenvalue weighted by Crippen LogP contribution is -2.09. The van der Waals surface area contributed by atoms with Crippen LogP contribution in [0.3, 0.4) is 0 Å². The van der Waals surface area contributed by atoms with E-state index in [1.165, 1.54) is 12.3 Å². The minimum absolute atomic E-state index is 0.0193. The topological polar surface area (TPSA) is 65.2 Å². The molecule has 0 saturated carbocycles. The molecule has 4 nitrogen and oxygen atoms in total. The summed E-state index contributed by atoms with van der Waals surface area (Å²) in [5.74, 6) is -0.437. The Balaban J connectivity index is 2.77. The quantitative estimate of drug-likeness (QED) is 0.799. The van der Waals surface area contributed by atoms with Gasteiger partial charge in [0.1, 0.15) is 5.69 Å². The van der Waals surface area contributed by atoms with Crippen LogP contribution in [0.1, 0.15) is 24.6 Å². The molecule has 0 radical (unpaired) electrons. The van der Waals surface area contributed by atoms with E-state index < -0.39 is 18.1 Å². The number of carbonyl (C=O) groups excluding carboxylic acids is 1. The number of rotatable bonds is 4. The van der Waals surface area contributed by atoms with E-state index in [9.17, 15) is 13.6 Å². The van der Waals surface area contributed by atoms with Crippen molar-refractivity contribution in [1.29, 1.82) is 0 Å². The third-order valence-electron chi connectivity index (χ3n) is 1.87. The molecule has 6 heteroatoms. The highest BCUT2D eigenvalue weighted by atomic mass is 19.3. The van der Waals surface area contributed by atoms with Gasteiger partial charge in [0, 0.05) is 6.20 Å². The van der Waals surface area contributed by atoms with Crippen molar-refractivity contribution in [3.8, 4) is 0 Å². The number of halogens is 2. The largest absolute Gasteiger partial charge is 0.466 e. The Labute approximate surface area is 91.4 Å².